The summed E-state index contributed by atoms with van der Waals surface area (Å²) in [5, 5.41) is 9.75. The van der Waals surface area contributed by atoms with Crippen molar-refractivity contribution in [2.45, 2.75) is 0 Å². The van der Waals surface area contributed by atoms with Gasteiger partial charge < -0.3 is 25.6 Å². The van der Waals surface area contributed by atoms with Crippen molar-refractivity contribution in [2.24, 2.45) is 0 Å². The first kappa shape index (κ1) is 20.9. The number of para-hydroxylation sites is 3. The lowest BCUT2D eigenvalue weighted by Gasteiger charge is -2.36. The van der Waals surface area contributed by atoms with Gasteiger partial charge in [-0.3, -0.25) is 4.90 Å². The molecule has 3 rings (SSSR count). The minimum absolute atomic E-state index is 0.235. The number of nitrogens with one attached hydrogen (secondary N) is 3. The van der Waals surface area contributed by atoms with Gasteiger partial charge in [-0.05, 0) is 36.5 Å². The normalized spacial score (nSPS) is 14.2. The summed E-state index contributed by atoms with van der Waals surface area (Å²) in [6, 6.07) is 17.1. The van der Waals surface area contributed by atoms with Gasteiger partial charge in [0.1, 0.15) is 5.75 Å². The Morgan fingerprint density at radius 2 is 1.69 bits per heavy atom. The van der Waals surface area contributed by atoms with Crippen LogP contribution < -0.4 is 20.7 Å². The smallest absolute Gasteiger partial charge is 0.319 e. The van der Waals surface area contributed by atoms with Crippen LogP contribution in [0.5, 0.6) is 5.75 Å². The van der Waals surface area contributed by atoms with E-state index in [0.29, 0.717) is 18.0 Å². The third kappa shape index (κ3) is 6.33. The number of methoxy groups -OCH3 is 1. The zero-order valence-corrected chi connectivity index (χ0v) is 17.4. The molecule has 0 bridgehead atoms. The highest BCUT2D eigenvalue weighted by Gasteiger charge is 2.18. The molecule has 154 valence electrons. The van der Waals surface area contributed by atoms with E-state index >= 15 is 0 Å². The monoisotopic (exact) mass is 413 g/mol. The predicted octanol–water partition coefficient (Wildman–Crippen LogP) is 2.83. The number of piperazine rings is 1. The predicted molar refractivity (Wildman–Crippen MR) is 121 cm³/mol. The van der Waals surface area contributed by atoms with Gasteiger partial charge in [0.2, 0.25) is 0 Å². The average Bonchev–Trinajstić information content (AvgIpc) is 2.75. The van der Waals surface area contributed by atoms with E-state index in [0.717, 1.165) is 43.5 Å². The minimum Gasteiger partial charge on any atom is -0.495 e. The molecule has 7 nitrogen and oxygen atoms in total. The Morgan fingerprint density at radius 1 is 1.00 bits per heavy atom. The second-order valence-corrected chi connectivity index (χ2v) is 7.09. The van der Waals surface area contributed by atoms with E-state index in [1.54, 1.807) is 7.11 Å². The Hall–Kier alpha value is -2.84. The van der Waals surface area contributed by atoms with E-state index in [9.17, 15) is 4.79 Å². The summed E-state index contributed by atoms with van der Waals surface area (Å²) in [5.74, 6) is 0.638. The summed E-state index contributed by atoms with van der Waals surface area (Å²) < 4.78 is 5.24. The summed E-state index contributed by atoms with van der Waals surface area (Å²) >= 11 is 5.52. The number of anilines is 2. The zero-order valence-electron chi connectivity index (χ0n) is 16.6. The molecule has 0 atom stereocenters. The zero-order chi connectivity index (χ0) is 20.5. The summed E-state index contributed by atoms with van der Waals surface area (Å²) in [7, 11) is 1.58. The highest BCUT2D eigenvalue weighted by molar-refractivity contribution is 7.80. The molecule has 0 saturated carbocycles. The molecule has 2 aromatic carbocycles. The van der Waals surface area contributed by atoms with Crippen LogP contribution >= 0.6 is 12.2 Å². The van der Waals surface area contributed by atoms with Crippen molar-refractivity contribution < 1.29 is 9.53 Å². The maximum Gasteiger partial charge on any atom is 0.319 e. The van der Waals surface area contributed by atoms with Gasteiger partial charge >= 0.3 is 6.03 Å². The number of benzene rings is 2. The Balaban J connectivity index is 1.34. The number of urea groups is 1. The molecule has 0 aliphatic carbocycles. The maximum absolute atomic E-state index is 12.1. The minimum atomic E-state index is -0.235. The van der Waals surface area contributed by atoms with Crippen LogP contribution in [-0.4, -0.2) is 67.3 Å². The van der Waals surface area contributed by atoms with Crippen molar-refractivity contribution in [1.29, 1.82) is 0 Å². The van der Waals surface area contributed by atoms with Gasteiger partial charge in [0.15, 0.2) is 5.11 Å². The topological polar surface area (TPSA) is 68.9 Å². The molecule has 0 spiro atoms. The van der Waals surface area contributed by atoms with Crippen LogP contribution in [0.25, 0.3) is 0 Å². The van der Waals surface area contributed by atoms with Crippen LogP contribution in [0.3, 0.4) is 0 Å². The van der Waals surface area contributed by atoms with Gasteiger partial charge in [-0.2, -0.15) is 0 Å². The fourth-order valence-corrected chi connectivity index (χ4v) is 3.44. The van der Waals surface area contributed by atoms with Crippen molar-refractivity contribution >= 4 is 34.7 Å². The molecular formula is C21H27N5O2S. The molecule has 1 fully saturated rings. The van der Waals surface area contributed by atoms with Crippen LogP contribution in [-0.2, 0) is 0 Å². The van der Waals surface area contributed by atoms with E-state index < -0.39 is 0 Å². The van der Waals surface area contributed by atoms with Crippen LogP contribution in [0, 0.1) is 0 Å². The summed E-state index contributed by atoms with van der Waals surface area (Å²) in [4.78, 5) is 16.6. The molecule has 2 aromatic rings. The molecule has 3 N–H and O–H groups in total. The van der Waals surface area contributed by atoms with Crippen molar-refractivity contribution in [3.63, 3.8) is 0 Å². The number of thiocarbonyl (C=S) groups is 1. The second-order valence-electron chi connectivity index (χ2n) is 6.71. The molecule has 1 aliphatic rings. The summed E-state index contributed by atoms with van der Waals surface area (Å²) in [5.41, 5.74) is 1.66. The van der Waals surface area contributed by atoms with Gasteiger partial charge in [-0.25, -0.2) is 4.79 Å². The molecule has 29 heavy (non-hydrogen) atoms. The van der Waals surface area contributed by atoms with Gasteiger partial charge in [-0.1, -0.05) is 30.3 Å². The number of hydrogen-bond acceptors (Lipinski definition) is 4. The SMILES string of the molecule is COc1ccccc1NC(=O)NCCN1CCN(C(=S)Nc2ccccc2)CC1. The summed E-state index contributed by atoms with van der Waals surface area (Å²) in [6.45, 7) is 4.93. The van der Waals surface area contributed by atoms with Crippen LogP contribution in [0.2, 0.25) is 0 Å². The van der Waals surface area contributed by atoms with Crippen molar-refractivity contribution in [2.75, 3.05) is 57.0 Å². The van der Waals surface area contributed by atoms with Gasteiger partial charge in [0.05, 0.1) is 12.8 Å². The van der Waals surface area contributed by atoms with Crippen molar-refractivity contribution in [3.05, 3.63) is 54.6 Å². The number of hydrogen-bond donors (Lipinski definition) is 3. The molecule has 1 heterocycles. The number of rotatable bonds is 6. The van der Waals surface area contributed by atoms with Crippen LogP contribution in [0.15, 0.2) is 54.6 Å². The van der Waals surface area contributed by atoms with Crippen molar-refractivity contribution in [1.82, 2.24) is 15.1 Å². The maximum atomic E-state index is 12.1. The van der Waals surface area contributed by atoms with E-state index in [-0.39, 0.29) is 6.03 Å². The highest BCUT2D eigenvalue weighted by Crippen LogP contribution is 2.22. The first-order valence-electron chi connectivity index (χ1n) is 9.67. The number of nitrogens with zero attached hydrogens (tertiary/aromatic N) is 2. The lowest BCUT2D eigenvalue weighted by atomic mass is 10.3. The Labute approximate surface area is 177 Å². The average molecular weight is 414 g/mol. The van der Waals surface area contributed by atoms with Gasteiger partial charge in [0.25, 0.3) is 0 Å². The second kappa shape index (κ2) is 10.6. The molecule has 0 radical (unpaired) electrons. The van der Waals surface area contributed by atoms with Crippen LogP contribution in [0.1, 0.15) is 0 Å². The Morgan fingerprint density at radius 3 is 2.41 bits per heavy atom. The highest BCUT2D eigenvalue weighted by atomic mass is 32.1. The Kier molecular flexibility index (Phi) is 7.66. The lowest BCUT2D eigenvalue weighted by molar-refractivity contribution is 0.184. The molecule has 1 saturated heterocycles. The lowest BCUT2D eigenvalue weighted by Crippen LogP contribution is -2.51. The van der Waals surface area contributed by atoms with Crippen LogP contribution in [0.4, 0.5) is 16.2 Å². The van der Waals surface area contributed by atoms with Gasteiger partial charge in [0, 0.05) is 45.0 Å². The summed E-state index contributed by atoms with van der Waals surface area (Å²) in [6.07, 6.45) is 0. The van der Waals surface area contributed by atoms with E-state index in [1.165, 1.54) is 0 Å². The number of carbonyl (C=O) groups is 1. The molecule has 0 unspecified atom stereocenters. The van der Waals surface area contributed by atoms with E-state index in [1.807, 2.05) is 54.6 Å². The third-order valence-electron chi connectivity index (χ3n) is 4.75. The fraction of sp³-hybridized carbons (Fsp3) is 0.333. The third-order valence-corrected chi connectivity index (χ3v) is 5.11. The van der Waals surface area contributed by atoms with E-state index in [4.69, 9.17) is 17.0 Å². The first-order chi connectivity index (χ1) is 14.2. The fourth-order valence-electron chi connectivity index (χ4n) is 3.14. The molecule has 8 heteroatoms. The first-order valence-corrected chi connectivity index (χ1v) is 10.1. The quantitative estimate of drug-likeness (QED) is 0.633. The number of amides is 2. The molecule has 1 aliphatic heterocycles. The largest absolute Gasteiger partial charge is 0.495 e. The Bertz CT molecular complexity index is 810. The molecular weight excluding hydrogens is 386 g/mol. The van der Waals surface area contributed by atoms with Crippen molar-refractivity contribution in [3.8, 4) is 5.75 Å². The van der Waals surface area contributed by atoms with E-state index in [2.05, 4.69) is 25.8 Å². The number of carbonyl (C=O) groups excluding carboxylic acids is 1. The molecule has 2 amide bonds. The van der Waals surface area contributed by atoms with Gasteiger partial charge in [-0.15, -0.1) is 0 Å². The molecule has 0 aromatic heterocycles. The number of ether oxygens (including phenoxy) is 1. The standard InChI is InChI=1S/C21H27N5O2S/c1-28-19-10-6-5-9-18(19)24-20(27)22-11-12-25-13-15-26(16-14-25)21(29)23-17-7-3-2-4-8-17/h2-10H,11-16H2,1H3,(H,23,29)(H2,22,24,27).